The molecule has 5 heteroatoms. The zero-order chi connectivity index (χ0) is 15.9. The third-order valence-corrected chi connectivity index (χ3v) is 4.27. The summed E-state index contributed by atoms with van der Waals surface area (Å²) in [5, 5.41) is 11.2. The van der Waals surface area contributed by atoms with Crippen molar-refractivity contribution >= 4 is 5.96 Å². The molecule has 1 aromatic carbocycles. The van der Waals surface area contributed by atoms with E-state index in [9.17, 15) is 0 Å². The SMILES string of the molecule is CN=C(NCc1cccc(Cn2cccn2)c1)NC1CCCC1. The van der Waals surface area contributed by atoms with Crippen molar-refractivity contribution in [1.29, 1.82) is 0 Å². The molecule has 2 N–H and O–H groups in total. The van der Waals surface area contributed by atoms with Gasteiger partial charge in [0.15, 0.2) is 5.96 Å². The van der Waals surface area contributed by atoms with Gasteiger partial charge in [0.1, 0.15) is 0 Å². The third-order valence-electron chi connectivity index (χ3n) is 4.27. The molecule has 1 aliphatic carbocycles. The van der Waals surface area contributed by atoms with Gasteiger partial charge in [-0.3, -0.25) is 9.67 Å². The number of guanidine groups is 1. The molecule has 23 heavy (non-hydrogen) atoms. The number of aliphatic imine (C=N–C) groups is 1. The first-order valence-corrected chi connectivity index (χ1v) is 8.36. The first-order valence-electron chi connectivity index (χ1n) is 8.36. The second-order valence-electron chi connectivity index (χ2n) is 6.08. The summed E-state index contributed by atoms with van der Waals surface area (Å²) < 4.78 is 1.94. The summed E-state index contributed by atoms with van der Waals surface area (Å²) in [5.41, 5.74) is 2.51. The minimum absolute atomic E-state index is 0.576. The third kappa shape index (κ3) is 4.58. The van der Waals surface area contributed by atoms with Crippen LogP contribution in [0.5, 0.6) is 0 Å². The van der Waals surface area contributed by atoms with Crippen molar-refractivity contribution in [3.8, 4) is 0 Å². The van der Waals surface area contributed by atoms with Gasteiger partial charge in [0.2, 0.25) is 0 Å². The summed E-state index contributed by atoms with van der Waals surface area (Å²) in [5.74, 6) is 0.898. The lowest BCUT2D eigenvalue weighted by Crippen LogP contribution is -2.41. The van der Waals surface area contributed by atoms with E-state index in [1.54, 1.807) is 0 Å². The van der Waals surface area contributed by atoms with E-state index < -0.39 is 0 Å². The van der Waals surface area contributed by atoms with Crippen molar-refractivity contribution < 1.29 is 0 Å². The molecule has 1 aromatic heterocycles. The summed E-state index contributed by atoms with van der Waals surface area (Å²) in [6, 6.07) is 11.1. The van der Waals surface area contributed by atoms with E-state index in [2.05, 4.69) is 45.0 Å². The number of nitrogens with one attached hydrogen (secondary N) is 2. The average Bonchev–Trinajstić information content (AvgIpc) is 3.25. The van der Waals surface area contributed by atoms with Gasteiger partial charge in [0.25, 0.3) is 0 Å². The van der Waals surface area contributed by atoms with Gasteiger partial charge in [0, 0.05) is 32.0 Å². The van der Waals surface area contributed by atoms with Crippen LogP contribution in [0.3, 0.4) is 0 Å². The van der Waals surface area contributed by atoms with Crippen LogP contribution in [-0.2, 0) is 13.1 Å². The Morgan fingerprint density at radius 3 is 2.83 bits per heavy atom. The molecule has 3 rings (SSSR count). The fourth-order valence-corrected chi connectivity index (χ4v) is 3.06. The predicted octanol–water partition coefficient (Wildman–Crippen LogP) is 2.54. The van der Waals surface area contributed by atoms with E-state index in [1.165, 1.54) is 36.8 Å². The van der Waals surface area contributed by atoms with Crippen LogP contribution in [-0.4, -0.2) is 28.8 Å². The Kier molecular flexibility index (Phi) is 5.29. The Labute approximate surface area is 137 Å². The minimum Gasteiger partial charge on any atom is -0.354 e. The van der Waals surface area contributed by atoms with E-state index in [4.69, 9.17) is 0 Å². The molecule has 1 aliphatic rings. The Bertz CT molecular complexity index is 627. The van der Waals surface area contributed by atoms with Gasteiger partial charge in [-0.25, -0.2) is 0 Å². The van der Waals surface area contributed by atoms with Crippen molar-refractivity contribution in [3.05, 3.63) is 53.9 Å². The van der Waals surface area contributed by atoms with Gasteiger partial charge >= 0.3 is 0 Å². The summed E-state index contributed by atoms with van der Waals surface area (Å²) >= 11 is 0. The second-order valence-corrected chi connectivity index (χ2v) is 6.08. The van der Waals surface area contributed by atoms with E-state index in [0.717, 1.165) is 19.0 Å². The molecule has 2 aromatic rings. The topological polar surface area (TPSA) is 54.2 Å². The van der Waals surface area contributed by atoms with E-state index in [1.807, 2.05) is 30.2 Å². The van der Waals surface area contributed by atoms with Crippen LogP contribution in [0.15, 0.2) is 47.7 Å². The van der Waals surface area contributed by atoms with Crippen LogP contribution in [0, 0.1) is 0 Å². The molecule has 0 spiro atoms. The monoisotopic (exact) mass is 311 g/mol. The largest absolute Gasteiger partial charge is 0.354 e. The smallest absolute Gasteiger partial charge is 0.191 e. The van der Waals surface area contributed by atoms with Crippen LogP contribution in [0.25, 0.3) is 0 Å². The lowest BCUT2D eigenvalue weighted by Gasteiger charge is -2.17. The molecule has 0 radical (unpaired) electrons. The van der Waals surface area contributed by atoms with Gasteiger partial charge in [-0.1, -0.05) is 37.1 Å². The van der Waals surface area contributed by atoms with Crippen LogP contribution in [0.1, 0.15) is 36.8 Å². The zero-order valence-corrected chi connectivity index (χ0v) is 13.7. The molecular formula is C18H25N5. The first kappa shape index (κ1) is 15.6. The lowest BCUT2D eigenvalue weighted by molar-refractivity contribution is 0.613. The number of hydrogen-bond donors (Lipinski definition) is 2. The summed E-state index contributed by atoms with van der Waals surface area (Å²) in [6.45, 7) is 1.58. The molecule has 122 valence electrons. The predicted molar refractivity (Wildman–Crippen MR) is 93.4 cm³/mol. The number of nitrogens with zero attached hydrogens (tertiary/aromatic N) is 3. The molecule has 0 unspecified atom stereocenters. The number of aromatic nitrogens is 2. The molecule has 0 aliphatic heterocycles. The van der Waals surface area contributed by atoms with Gasteiger partial charge in [-0.15, -0.1) is 0 Å². The van der Waals surface area contributed by atoms with Crippen molar-refractivity contribution in [1.82, 2.24) is 20.4 Å². The van der Waals surface area contributed by atoms with Gasteiger partial charge in [-0.05, 0) is 30.0 Å². The molecule has 1 fully saturated rings. The van der Waals surface area contributed by atoms with Crippen LogP contribution < -0.4 is 10.6 Å². The van der Waals surface area contributed by atoms with Crippen molar-refractivity contribution in [2.75, 3.05) is 7.05 Å². The summed E-state index contributed by atoms with van der Waals surface area (Å²) in [6.07, 6.45) is 8.94. The Hall–Kier alpha value is -2.30. The molecule has 0 bridgehead atoms. The fourth-order valence-electron chi connectivity index (χ4n) is 3.06. The van der Waals surface area contributed by atoms with Gasteiger partial charge in [-0.2, -0.15) is 5.10 Å². The summed E-state index contributed by atoms with van der Waals surface area (Å²) in [7, 11) is 1.83. The Morgan fingerprint density at radius 2 is 2.09 bits per heavy atom. The second kappa shape index (κ2) is 7.81. The maximum Gasteiger partial charge on any atom is 0.191 e. The highest BCUT2D eigenvalue weighted by atomic mass is 15.3. The molecule has 1 saturated carbocycles. The standard InChI is InChI=1S/C18H25N5/c1-19-18(22-17-8-2-3-9-17)20-13-15-6-4-7-16(12-15)14-23-11-5-10-21-23/h4-7,10-12,17H,2-3,8-9,13-14H2,1H3,(H2,19,20,22). The highest BCUT2D eigenvalue weighted by molar-refractivity contribution is 5.79. The molecule has 0 amide bonds. The maximum absolute atomic E-state index is 4.33. The van der Waals surface area contributed by atoms with E-state index >= 15 is 0 Å². The fraction of sp³-hybridized carbons (Fsp3) is 0.444. The Morgan fingerprint density at radius 1 is 1.26 bits per heavy atom. The number of benzene rings is 1. The summed E-state index contributed by atoms with van der Waals surface area (Å²) in [4.78, 5) is 4.33. The van der Waals surface area contributed by atoms with Crippen LogP contribution in [0.4, 0.5) is 0 Å². The zero-order valence-electron chi connectivity index (χ0n) is 13.7. The minimum atomic E-state index is 0.576. The molecule has 0 saturated heterocycles. The average molecular weight is 311 g/mol. The van der Waals surface area contributed by atoms with Crippen LogP contribution in [0.2, 0.25) is 0 Å². The van der Waals surface area contributed by atoms with Crippen molar-refractivity contribution in [2.45, 2.75) is 44.8 Å². The molecule has 5 nitrogen and oxygen atoms in total. The highest BCUT2D eigenvalue weighted by Gasteiger charge is 2.15. The molecular weight excluding hydrogens is 286 g/mol. The van der Waals surface area contributed by atoms with E-state index in [-0.39, 0.29) is 0 Å². The van der Waals surface area contributed by atoms with Crippen molar-refractivity contribution in [2.24, 2.45) is 4.99 Å². The highest BCUT2D eigenvalue weighted by Crippen LogP contribution is 2.17. The number of rotatable bonds is 5. The normalized spacial score (nSPS) is 15.8. The quantitative estimate of drug-likeness (QED) is 0.659. The first-order chi connectivity index (χ1) is 11.3. The number of hydrogen-bond acceptors (Lipinski definition) is 2. The van der Waals surface area contributed by atoms with Gasteiger partial charge < -0.3 is 10.6 Å². The Balaban J connectivity index is 1.54. The molecule has 0 atom stereocenters. The van der Waals surface area contributed by atoms with Gasteiger partial charge in [0.05, 0.1) is 6.54 Å². The lowest BCUT2D eigenvalue weighted by atomic mass is 10.1. The van der Waals surface area contributed by atoms with Crippen molar-refractivity contribution in [3.63, 3.8) is 0 Å². The molecule has 1 heterocycles. The van der Waals surface area contributed by atoms with Crippen LogP contribution >= 0.6 is 0 Å². The maximum atomic E-state index is 4.33. The van der Waals surface area contributed by atoms with E-state index in [0.29, 0.717) is 6.04 Å².